The molecule has 1 aliphatic carbocycles. The number of aliphatic hydroxyl groups is 1. The van der Waals surface area contributed by atoms with Gasteiger partial charge in [0.1, 0.15) is 0 Å². The first-order valence-corrected chi connectivity index (χ1v) is 11.4. The summed E-state index contributed by atoms with van der Waals surface area (Å²) in [5.74, 6) is 0.609. The Morgan fingerprint density at radius 1 is 1.07 bits per heavy atom. The van der Waals surface area contributed by atoms with E-state index in [0.717, 1.165) is 57.3 Å². The highest BCUT2D eigenvalue weighted by molar-refractivity contribution is 5.60. The predicted octanol–water partition coefficient (Wildman–Crippen LogP) is 4.03. The fourth-order valence-electron chi connectivity index (χ4n) is 5.40. The maximum Gasteiger partial charge on any atom is 0.318 e. The number of nitrogens with one attached hydrogen (secondary N) is 1. The Morgan fingerprint density at radius 2 is 1.80 bits per heavy atom. The molecule has 2 aromatic rings. The summed E-state index contributed by atoms with van der Waals surface area (Å²) in [7, 11) is 0. The van der Waals surface area contributed by atoms with Crippen LogP contribution in [-0.4, -0.2) is 47.6 Å². The molecule has 2 N–H and O–H groups in total. The molecule has 2 heterocycles. The number of hydrogen-bond donors (Lipinski definition) is 2. The molecule has 6 nitrogen and oxygen atoms in total. The van der Waals surface area contributed by atoms with E-state index in [9.17, 15) is 0 Å². The number of unbranched alkanes of at least 4 members (excludes halogenated alkanes) is 1. The van der Waals surface area contributed by atoms with Crippen LogP contribution in [0.3, 0.4) is 0 Å². The summed E-state index contributed by atoms with van der Waals surface area (Å²) in [5.41, 5.74) is 4.21. The number of benzene rings is 1. The van der Waals surface area contributed by atoms with Crippen LogP contribution < -0.4 is 10.2 Å². The SMILES string of the molecule is CC1(C)CC(C)(C)c2cc(-c3nnc(N4CCC(NCCCCO)CC4)o3)ccc21. The number of aromatic nitrogens is 2. The van der Waals surface area contributed by atoms with Gasteiger partial charge >= 0.3 is 6.01 Å². The van der Waals surface area contributed by atoms with Gasteiger partial charge in [-0.2, -0.15) is 0 Å². The molecule has 2 aliphatic rings. The van der Waals surface area contributed by atoms with E-state index in [1.165, 1.54) is 11.1 Å². The Kier molecular flexibility index (Phi) is 5.90. The molecule has 30 heavy (non-hydrogen) atoms. The fraction of sp³-hybridized carbons (Fsp3) is 0.667. The summed E-state index contributed by atoms with van der Waals surface area (Å²) in [6.45, 7) is 12.4. The Morgan fingerprint density at radius 3 is 2.53 bits per heavy atom. The number of hydrogen-bond acceptors (Lipinski definition) is 6. The van der Waals surface area contributed by atoms with Gasteiger partial charge in [-0.25, -0.2) is 0 Å². The summed E-state index contributed by atoms with van der Waals surface area (Å²) < 4.78 is 6.09. The van der Waals surface area contributed by atoms with Gasteiger partial charge in [-0.05, 0) is 72.7 Å². The van der Waals surface area contributed by atoms with E-state index in [4.69, 9.17) is 9.52 Å². The highest BCUT2D eigenvalue weighted by Gasteiger charge is 2.42. The molecule has 6 heteroatoms. The van der Waals surface area contributed by atoms with Gasteiger partial charge in [0.15, 0.2) is 0 Å². The van der Waals surface area contributed by atoms with Crippen LogP contribution in [0.5, 0.6) is 0 Å². The maximum atomic E-state index is 8.88. The summed E-state index contributed by atoms with van der Waals surface area (Å²) >= 11 is 0. The second-order valence-corrected chi connectivity index (χ2v) is 10.2. The van der Waals surface area contributed by atoms with Gasteiger partial charge < -0.3 is 19.7 Å². The maximum absolute atomic E-state index is 8.88. The van der Waals surface area contributed by atoms with Crippen LogP contribution in [0.4, 0.5) is 6.01 Å². The minimum absolute atomic E-state index is 0.157. The second-order valence-electron chi connectivity index (χ2n) is 10.2. The molecular formula is C24H36N4O2. The van der Waals surface area contributed by atoms with Gasteiger partial charge in [0, 0.05) is 31.3 Å². The molecule has 164 valence electrons. The zero-order valence-electron chi connectivity index (χ0n) is 18.9. The third-order valence-electron chi connectivity index (χ3n) is 6.81. The van der Waals surface area contributed by atoms with E-state index in [0.29, 0.717) is 17.9 Å². The monoisotopic (exact) mass is 412 g/mol. The molecule has 0 bridgehead atoms. The second kappa shape index (κ2) is 8.31. The van der Waals surface area contributed by atoms with E-state index in [2.05, 4.69) is 66.3 Å². The lowest BCUT2D eigenvalue weighted by molar-refractivity contribution is 0.281. The molecule has 4 rings (SSSR count). The van der Waals surface area contributed by atoms with Gasteiger partial charge in [0.05, 0.1) is 0 Å². The minimum Gasteiger partial charge on any atom is -0.403 e. The molecule has 0 saturated carbocycles. The van der Waals surface area contributed by atoms with Gasteiger partial charge in [0.25, 0.3) is 0 Å². The molecular weight excluding hydrogens is 376 g/mol. The highest BCUT2D eigenvalue weighted by Crippen LogP contribution is 2.50. The van der Waals surface area contributed by atoms with Crippen LogP contribution in [0.15, 0.2) is 22.6 Å². The van der Waals surface area contributed by atoms with Crippen molar-refractivity contribution in [2.24, 2.45) is 0 Å². The lowest BCUT2D eigenvalue weighted by atomic mass is 9.82. The number of nitrogens with zero attached hydrogens (tertiary/aromatic N) is 3. The molecule has 0 atom stereocenters. The lowest BCUT2D eigenvalue weighted by Crippen LogP contribution is -2.43. The average Bonchev–Trinajstić information content (AvgIpc) is 3.27. The first kappa shape index (κ1) is 21.3. The van der Waals surface area contributed by atoms with E-state index >= 15 is 0 Å². The van der Waals surface area contributed by atoms with Crippen LogP contribution in [0, 0.1) is 0 Å². The Hall–Kier alpha value is -1.92. The first-order chi connectivity index (χ1) is 14.3. The topological polar surface area (TPSA) is 74.4 Å². The number of aliphatic hydroxyl groups excluding tert-OH is 1. The third kappa shape index (κ3) is 4.26. The van der Waals surface area contributed by atoms with E-state index in [-0.39, 0.29) is 17.4 Å². The molecule has 1 aromatic carbocycles. The van der Waals surface area contributed by atoms with Crippen molar-refractivity contribution in [2.75, 3.05) is 31.1 Å². The molecule has 0 spiro atoms. The van der Waals surface area contributed by atoms with Crippen LogP contribution in [0.2, 0.25) is 0 Å². The van der Waals surface area contributed by atoms with Gasteiger partial charge in [-0.15, -0.1) is 5.10 Å². The van der Waals surface area contributed by atoms with Crippen molar-refractivity contribution in [3.63, 3.8) is 0 Å². The van der Waals surface area contributed by atoms with Crippen molar-refractivity contribution in [3.8, 4) is 11.5 Å². The zero-order valence-corrected chi connectivity index (χ0v) is 18.9. The Bertz CT molecular complexity index is 866. The van der Waals surface area contributed by atoms with Crippen molar-refractivity contribution >= 4 is 6.01 Å². The van der Waals surface area contributed by atoms with E-state index in [1.807, 2.05) is 0 Å². The highest BCUT2D eigenvalue weighted by atomic mass is 16.4. The summed E-state index contributed by atoms with van der Waals surface area (Å²) in [4.78, 5) is 2.20. The standard InChI is InChI=1S/C24H36N4O2/c1-23(2)16-24(3,4)20-15-17(7-8-19(20)23)21-26-27-22(30-21)28-12-9-18(10-13-28)25-11-5-6-14-29/h7-8,15,18,25,29H,5-6,9-14,16H2,1-4H3. The van der Waals surface area contributed by atoms with E-state index < -0.39 is 0 Å². The largest absolute Gasteiger partial charge is 0.403 e. The minimum atomic E-state index is 0.157. The predicted molar refractivity (Wildman–Crippen MR) is 120 cm³/mol. The van der Waals surface area contributed by atoms with Crippen molar-refractivity contribution in [1.82, 2.24) is 15.5 Å². The van der Waals surface area contributed by atoms with Gasteiger partial charge in [-0.1, -0.05) is 38.9 Å². The average molecular weight is 413 g/mol. The van der Waals surface area contributed by atoms with Crippen molar-refractivity contribution in [3.05, 3.63) is 29.3 Å². The Balaban J connectivity index is 1.41. The van der Waals surface area contributed by atoms with Crippen molar-refractivity contribution in [2.45, 2.75) is 76.7 Å². The van der Waals surface area contributed by atoms with Crippen LogP contribution in [-0.2, 0) is 10.8 Å². The van der Waals surface area contributed by atoms with Crippen LogP contribution in [0.25, 0.3) is 11.5 Å². The van der Waals surface area contributed by atoms with Crippen LogP contribution >= 0.6 is 0 Å². The molecule has 0 radical (unpaired) electrons. The molecule has 1 aliphatic heterocycles. The third-order valence-corrected chi connectivity index (χ3v) is 6.81. The number of anilines is 1. The summed E-state index contributed by atoms with van der Waals surface area (Å²) in [6.07, 6.45) is 5.18. The number of rotatable bonds is 7. The Labute approximate surface area is 180 Å². The van der Waals surface area contributed by atoms with Crippen LogP contribution in [0.1, 0.15) is 70.9 Å². The number of piperidine rings is 1. The fourth-order valence-corrected chi connectivity index (χ4v) is 5.40. The van der Waals surface area contributed by atoms with Crippen molar-refractivity contribution < 1.29 is 9.52 Å². The molecule has 1 saturated heterocycles. The molecule has 0 unspecified atom stereocenters. The van der Waals surface area contributed by atoms with Crippen molar-refractivity contribution in [1.29, 1.82) is 0 Å². The lowest BCUT2D eigenvalue weighted by Gasteiger charge is -2.31. The normalized spacial score (nSPS) is 20.5. The molecule has 1 aromatic heterocycles. The smallest absolute Gasteiger partial charge is 0.318 e. The quantitative estimate of drug-likeness (QED) is 0.669. The molecule has 1 fully saturated rings. The number of fused-ring (bicyclic) bond motifs is 1. The van der Waals surface area contributed by atoms with Gasteiger partial charge in [0.2, 0.25) is 5.89 Å². The van der Waals surface area contributed by atoms with E-state index in [1.54, 1.807) is 0 Å². The summed E-state index contributed by atoms with van der Waals surface area (Å²) in [6, 6.07) is 7.79. The summed E-state index contributed by atoms with van der Waals surface area (Å²) in [5, 5.41) is 21.2. The van der Waals surface area contributed by atoms with Gasteiger partial charge in [-0.3, -0.25) is 0 Å². The zero-order chi connectivity index (χ0) is 21.4. The first-order valence-electron chi connectivity index (χ1n) is 11.4. The molecule has 0 amide bonds.